The minimum absolute atomic E-state index is 0.145. The monoisotopic (exact) mass is 447 g/mol. The number of aryl methyl sites for hydroxylation is 2. The molecule has 6 nitrogen and oxygen atoms in total. The first kappa shape index (κ1) is 19.4. The van der Waals surface area contributed by atoms with Gasteiger partial charge in [0.1, 0.15) is 5.75 Å². The van der Waals surface area contributed by atoms with Gasteiger partial charge >= 0.3 is 0 Å². The summed E-state index contributed by atoms with van der Waals surface area (Å²) in [7, 11) is 1.61. The summed E-state index contributed by atoms with van der Waals surface area (Å²) in [5.74, 6) is 1.18. The fourth-order valence-corrected chi connectivity index (χ4v) is 3.43. The van der Waals surface area contributed by atoms with Crippen LogP contribution in [-0.2, 0) is 4.79 Å². The molecule has 3 rings (SSSR count). The molecule has 0 atom stereocenters. The summed E-state index contributed by atoms with van der Waals surface area (Å²) in [4.78, 5) is 12.2. The highest BCUT2D eigenvalue weighted by molar-refractivity contribution is 9.10. The van der Waals surface area contributed by atoms with E-state index in [-0.39, 0.29) is 11.7 Å². The molecule has 0 saturated heterocycles. The maximum Gasteiger partial charge on any atom is 0.277 e. The Hall–Kier alpha value is -2.32. The van der Waals surface area contributed by atoms with Crippen LogP contribution >= 0.6 is 27.7 Å². The van der Waals surface area contributed by atoms with E-state index >= 15 is 0 Å². The van der Waals surface area contributed by atoms with Gasteiger partial charge in [-0.3, -0.25) is 4.79 Å². The first-order valence-corrected chi connectivity index (χ1v) is 9.91. The summed E-state index contributed by atoms with van der Waals surface area (Å²) in [5, 5.41) is 11.2. The lowest BCUT2D eigenvalue weighted by Gasteiger charge is -2.09. The standard InChI is InChI=1S/C19H18BrN3O3S/c1-11-8-15(20)16(9-12(11)2)21-17(24)10-27-19-23-22-18(26-19)13-4-6-14(25-3)7-5-13/h4-9H,10H2,1-3H3,(H,21,24). The zero-order valence-corrected chi connectivity index (χ0v) is 17.5. The minimum atomic E-state index is -0.145. The van der Waals surface area contributed by atoms with Gasteiger partial charge in [0.05, 0.1) is 18.6 Å². The topological polar surface area (TPSA) is 77.2 Å². The molecule has 2 aromatic carbocycles. The van der Waals surface area contributed by atoms with E-state index in [0.717, 1.165) is 32.6 Å². The first-order valence-electron chi connectivity index (χ1n) is 8.13. The van der Waals surface area contributed by atoms with Crippen LogP contribution in [0.2, 0.25) is 0 Å². The van der Waals surface area contributed by atoms with Crippen LogP contribution in [0, 0.1) is 13.8 Å². The number of halogens is 1. The Kier molecular flexibility index (Phi) is 6.18. The normalized spacial score (nSPS) is 10.7. The number of thioether (sulfide) groups is 1. The lowest BCUT2D eigenvalue weighted by Crippen LogP contribution is -2.14. The molecule has 1 N–H and O–H groups in total. The van der Waals surface area contributed by atoms with Crippen LogP contribution in [0.5, 0.6) is 5.75 Å². The number of nitrogens with one attached hydrogen (secondary N) is 1. The van der Waals surface area contributed by atoms with Crippen LogP contribution in [0.4, 0.5) is 5.69 Å². The predicted molar refractivity (Wildman–Crippen MR) is 109 cm³/mol. The van der Waals surface area contributed by atoms with Gasteiger partial charge < -0.3 is 14.5 Å². The second kappa shape index (κ2) is 8.58. The highest BCUT2D eigenvalue weighted by atomic mass is 79.9. The summed E-state index contributed by atoms with van der Waals surface area (Å²) >= 11 is 4.67. The number of methoxy groups -OCH3 is 1. The van der Waals surface area contributed by atoms with Crippen molar-refractivity contribution in [2.24, 2.45) is 0 Å². The van der Waals surface area contributed by atoms with Crippen LogP contribution < -0.4 is 10.1 Å². The zero-order valence-electron chi connectivity index (χ0n) is 15.1. The molecule has 1 amide bonds. The molecule has 8 heteroatoms. The maximum absolute atomic E-state index is 12.2. The third kappa shape index (κ3) is 4.90. The van der Waals surface area contributed by atoms with Crippen LogP contribution in [0.1, 0.15) is 11.1 Å². The van der Waals surface area contributed by atoms with Crippen molar-refractivity contribution in [1.82, 2.24) is 10.2 Å². The van der Waals surface area contributed by atoms with Gasteiger partial charge in [-0.15, -0.1) is 10.2 Å². The third-order valence-electron chi connectivity index (χ3n) is 3.93. The number of carbonyl (C=O) groups is 1. The van der Waals surface area contributed by atoms with Crippen LogP contribution in [0.25, 0.3) is 11.5 Å². The van der Waals surface area contributed by atoms with E-state index in [1.54, 1.807) is 7.11 Å². The first-order chi connectivity index (χ1) is 13.0. The summed E-state index contributed by atoms with van der Waals surface area (Å²) in [6.07, 6.45) is 0. The van der Waals surface area contributed by atoms with Gasteiger partial charge in [0, 0.05) is 10.0 Å². The number of nitrogens with zero attached hydrogens (tertiary/aromatic N) is 2. The second-order valence-corrected chi connectivity index (χ2v) is 7.64. The summed E-state index contributed by atoms with van der Waals surface area (Å²) in [6, 6.07) is 11.2. The molecule has 3 aromatic rings. The summed E-state index contributed by atoms with van der Waals surface area (Å²) in [5.41, 5.74) is 3.81. The highest BCUT2D eigenvalue weighted by Crippen LogP contribution is 2.27. The zero-order chi connectivity index (χ0) is 19.4. The summed E-state index contributed by atoms with van der Waals surface area (Å²) < 4.78 is 11.6. The van der Waals surface area contributed by atoms with Crippen molar-refractivity contribution in [1.29, 1.82) is 0 Å². The Morgan fingerprint density at radius 3 is 2.59 bits per heavy atom. The van der Waals surface area contributed by atoms with E-state index in [0.29, 0.717) is 11.1 Å². The molecule has 1 heterocycles. The molecule has 1 aromatic heterocycles. The molecule has 140 valence electrons. The van der Waals surface area contributed by atoms with E-state index < -0.39 is 0 Å². The third-order valence-corrected chi connectivity index (χ3v) is 5.40. The molecular formula is C19H18BrN3O3S. The molecule has 0 fully saturated rings. The van der Waals surface area contributed by atoms with E-state index in [4.69, 9.17) is 9.15 Å². The molecule has 0 radical (unpaired) electrons. The van der Waals surface area contributed by atoms with Crippen molar-refractivity contribution in [3.05, 3.63) is 52.0 Å². The van der Waals surface area contributed by atoms with Crippen LogP contribution in [0.3, 0.4) is 0 Å². The lowest BCUT2D eigenvalue weighted by atomic mass is 10.1. The van der Waals surface area contributed by atoms with Crippen LogP contribution in [-0.4, -0.2) is 29.0 Å². The smallest absolute Gasteiger partial charge is 0.277 e. The SMILES string of the molecule is COc1ccc(-c2nnc(SCC(=O)Nc3cc(C)c(C)cc3Br)o2)cc1. The number of anilines is 1. The van der Waals surface area contributed by atoms with Crippen molar-refractivity contribution >= 4 is 39.3 Å². The van der Waals surface area contributed by atoms with Crippen molar-refractivity contribution in [3.63, 3.8) is 0 Å². The number of benzene rings is 2. The average molecular weight is 448 g/mol. The van der Waals surface area contributed by atoms with E-state index in [1.165, 1.54) is 11.8 Å². The largest absolute Gasteiger partial charge is 0.497 e. The second-order valence-electron chi connectivity index (χ2n) is 5.85. The van der Waals surface area contributed by atoms with E-state index in [9.17, 15) is 4.79 Å². The number of hydrogen-bond acceptors (Lipinski definition) is 6. The van der Waals surface area contributed by atoms with Crippen LogP contribution in [0.15, 0.2) is 50.5 Å². The Bertz CT molecular complexity index is 957. The van der Waals surface area contributed by atoms with Gasteiger partial charge in [-0.2, -0.15) is 0 Å². The van der Waals surface area contributed by atoms with Gasteiger partial charge in [-0.1, -0.05) is 11.8 Å². The van der Waals surface area contributed by atoms with Crippen molar-refractivity contribution < 1.29 is 13.9 Å². The Morgan fingerprint density at radius 1 is 1.19 bits per heavy atom. The number of aromatic nitrogens is 2. The van der Waals surface area contributed by atoms with E-state index in [1.807, 2.05) is 50.2 Å². The molecule has 0 aliphatic carbocycles. The Labute approximate surface area is 169 Å². The van der Waals surface area contributed by atoms with Gasteiger partial charge in [0.2, 0.25) is 11.8 Å². The van der Waals surface area contributed by atoms with Gasteiger partial charge in [-0.05, 0) is 77.3 Å². The van der Waals surface area contributed by atoms with Gasteiger partial charge in [-0.25, -0.2) is 0 Å². The number of hydrogen-bond donors (Lipinski definition) is 1. The molecule has 0 bridgehead atoms. The van der Waals surface area contributed by atoms with Crippen molar-refractivity contribution in [3.8, 4) is 17.2 Å². The molecule has 27 heavy (non-hydrogen) atoms. The lowest BCUT2D eigenvalue weighted by molar-refractivity contribution is -0.113. The average Bonchev–Trinajstić information content (AvgIpc) is 3.13. The molecule has 0 aliphatic heterocycles. The van der Waals surface area contributed by atoms with Crippen molar-refractivity contribution in [2.75, 3.05) is 18.2 Å². The fraction of sp³-hybridized carbons (Fsp3) is 0.211. The Morgan fingerprint density at radius 2 is 1.89 bits per heavy atom. The quantitative estimate of drug-likeness (QED) is 0.543. The molecule has 0 unspecified atom stereocenters. The number of amides is 1. The molecule has 0 saturated carbocycles. The molecular weight excluding hydrogens is 430 g/mol. The van der Waals surface area contributed by atoms with Gasteiger partial charge in [0.25, 0.3) is 5.22 Å². The maximum atomic E-state index is 12.2. The summed E-state index contributed by atoms with van der Waals surface area (Å²) in [6.45, 7) is 4.03. The fourth-order valence-electron chi connectivity index (χ4n) is 2.31. The van der Waals surface area contributed by atoms with E-state index in [2.05, 4.69) is 31.4 Å². The minimum Gasteiger partial charge on any atom is -0.497 e. The number of rotatable bonds is 6. The number of carbonyl (C=O) groups excluding carboxylic acids is 1. The molecule has 0 aliphatic rings. The van der Waals surface area contributed by atoms with Crippen molar-refractivity contribution in [2.45, 2.75) is 19.1 Å². The predicted octanol–water partition coefficient (Wildman–Crippen LogP) is 4.86. The Balaban J connectivity index is 1.59. The highest BCUT2D eigenvalue weighted by Gasteiger charge is 2.13. The molecule has 0 spiro atoms. The number of ether oxygens (including phenoxy) is 1. The van der Waals surface area contributed by atoms with Gasteiger partial charge in [0.15, 0.2) is 0 Å².